The molecule has 0 bridgehead atoms. The first-order valence-corrected chi connectivity index (χ1v) is 12.5. The molecule has 1 aromatic heterocycles. The van der Waals surface area contributed by atoms with Crippen molar-refractivity contribution in [2.75, 3.05) is 12.0 Å². The summed E-state index contributed by atoms with van der Waals surface area (Å²) in [5, 5.41) is 11.7. The van der Waals surface area contributed by atoms with E-state index in [1.165, 1.54) is 23.1 Å². The van der Waals surface area contributed by atoms with Crippen molar-refractivity contribution in [1.29, 1.82) is 0 Å². The Labute approximate surface area is 215 Å². The Kier molecular flexibility index (Phi) is 5.45. The Hall–Kier alpha value is -4.24. The zero-order valence-corrected chi connectivity index (χ0v) is 20.7. The van der Waals surface area contributed by atoms with Crippen molar-refractivity contribution in [2.45, 2.75) is 25.5 Å². The van der Waals surface area contributed by atoms with Crippen LogP contribution in [0.3, 0.4) is 0 Å². The lowest BCUT2D eigenvalue weighted by atomic mass is 9.94. The molecular weight excluding hydrogens is 495 g/mol. The number of fused-ring (bicyclic) bond motifs is 2. The van der Waals surface area contributed by atoms with Gasteiger partial charge >= 0.3 is 5.91 Å². The molecule has 3 heterocycles. The number of nitrogens with zero attached hydrogens (tertiary/aromatic N) is 2. The molecule has 0 unspecified atom stereocenters. The summed E-state index contributed by atoms with van der Waals surface area (Å²) < 4.78 is 25.4. The Morgan fingerprint density at radius 1 is 1.14 bits per heavy atom. The number of carbonyl (C=O) groups is 2. The fourth-order valence-corrected chi connectivity index (χ4v) is 5.86. The van der Waals surface area contributed by atoms with Crippen molar-refractivity contribution in [3.63, 3.8) is 0 Å². The number of halogens is 1. The number of rotatable bonds is 4. The maximum atomic E-state index is 13.8. The van der Waals surface area contributed by atoms with Gasteiger partial charge in [0.25, 0.3) is 5.78 Å². The van der Waals surface area contributed by atoms with E-state index in [0.717, 1.165) is 22.6 Å². The first kappa shape index (κ1) is 23.2. The van der Waals surface area contributed by atoms with Crippen molar-refractivity contribution in [1.82, 2.24) is 4.98 Å². The van der Waals surface area contributed by atoms with Crippen LogP contribution >= 0.6 is 11.3 Å². The highest BCUT2D eigenvalue weighted by Crippen LogP contribution is 2.45. The minimum atomic E-state index is -0.945. The third kappa shape index (κ3) is 3.82. The summed E-state index contributed by atoms with van der Waals surface area (Å²) in [6, 6.07) is 15.3. The molecule has 1 fully saturated rings. The normalized spacial score (nSPS) is 20.4. The van der Waals surface area contributed by atoms with Crippen LogP contribution in [0.5, 0.6) is 11.5 Å². The Morgan fingerprint density at radius 3 is 2.68 bits per heavy atom. The molecule has 7 nitrogen and oxygen atoms in total. The first-order chi connectivity index (χ1) is 17.8. The summed E-state index contributed by atoms with van der Waals surface area (Å²) in [6.45, 7) is 1.96. The molecule has 0 spiro atoms. The van der Waals surface area contributed by atoms with Gasteiger partial charge in [0.15, 0.2) is 5.13 Å². The molecule has 6 rings (SSSR count). The number of benzene rings is 3. The van der Waals surface area contributed by atoms with Crippen molar-refractivity contribution in [3.8, 4) is 11.5 Å². The van der Waals surface area contributed by atoms with Gasteiger partial charge in [-0.3, -0.25) is 14.5 Å². The van der Waals surface area contributed by atoms with Crippen molar-refractivity contribution < 1.29 is 28.6 Å². The summed E-state index contributed by atoms with van der Waals surface area (Å²) in [5.41, 5.74) is 2.38. The summed E-state index contributed by atoms with van der Waals surface area (Å²) >= 11 is 1.10. The van der Waals surface area contributed by atoms with Crippen LogP contribution in [0.2, 0.25) is 0 Å². The number of ketones is 1. The van der Waals surface area contributed by atoms with Gasteiger partial charge < -0.3 is 14.6 Å². The van der Waals surface area contributed by atoms with Crippen LogP contribution in [0, 0.1) is 5.82 Å². The fraction of sp³-hybridized carbons (Fsp3) is 0.179. The minimum Gasteiger partial charge on any atom is -0.507 e. The van der Waals surface area contributed by atoms with Gasteiger partial charge in [-0.15, -0.1) is 0 Å². The third-order valence-corrected chi connectivity index (χ3v) is 7.61. The average Bonchev–Trinajstić information content (AvgIpc) is 3.55. The minimum absolute atomic E-state index is 0.0150. The van der Waals surface area contributed by atoms with Gasteiger partial charge in [-0.25, -0.2) is 9.37 Å². The fourth-order valence-electron chi connectivity index (χ4n) is 4.85. The van der Waals surface area contributed by atoms with Gasteiger partial charge in [-0.05, 0) is 66.6 Å². The Morgan fingerprint density at radius 2 is 1.92 bits per heavy atom. The summed E-state index contributed by atoms with van der Waals surface area (Å²) in [7, 11) is 1.54. The van der Waals surface area contributed by atoms with E-state index >= 15 is 0 Å². The molecule has 37 heavy (non-hydrogen) atoms. The van der Waals surface area contributed by atoms with Gasteiger partial charge in [-0.1, -0.05) is 23.5 Å². The quantitative estimate of drug-likeness (QED) is 0.222. The lowest BCUT2D eigenvalue weighted by Gasteiger charge is -2.23. The van der Waals surface area contributed by atoms with E-state index in [4.69, 9.17) is 9.47 Å². The van der Waals surface area contributed by atoms with E-state index in [2.05, 4.69) is 4.98 Å². The van der Waals surface area contributed by atoms with Crippen LogP contribution in [-0.4, -0.2) is 35.0 Å². The monoisotopic (exact) mass is 516 g/mol. The topological polar surface area (TPSA) is 89.0 Å². The molecule has 0 radical (unpaired) electrons. The van der Waals surface area contributed by atoms with E-state index in [1.807, 2.05) is 6.92 Å². The maximum absolute atomic E-state index is 13.8. The molecule has 4 aromatic rings. The molecule has 1 amide bonds. The molecule has 2 aliphatic heterocycles. The highest BCUT2D eigenvalue weighted by molar-refractivity contribution is 7.22. The lowest BCUT2D eigenvalue weighted by molar-refractivity contribution is -0.132. The third-order valence-electron chi connectivity index (χ3n) is 6.59. The van der Waals surface area contributed by atoms with Gasteiger partial charge in [0.2, 0.25) is 0 Å². The predicted octanol–water partition coefficient (Wildman–Crippen LogP) is 5.39. The molecule has 2 aliphatic rings. The van der Waals surface area contributed by atoms with Crippen molar-refractivity contribution in [3.05, 3.63) is 88.7 Å². The van der Waals surface area contributed by atoms with Crippen molar-refractivity contribution >= 4 is 44.1 Å². The van der Waals surface area contributed by atoms with Crippen LogP contribution < -0.4 is 14.4 Å². The van der Waals surface area contributed by atoms with E-state index in [-0.39, 0.29) is 22.6 Å². The number of methoxy groups -OCH3 is 1. The summed E-state index contributed by atoms with van der Waals surface area (Å²) in [4.78, 5) is 32.6. The average molecular weight is 517 g/mol. The molecule has 3 aromatic carbocycles. The number of aliphatic hydroxyl groups excluding tert-OH is 1. The molecule has 0 aliphatic carbocycles. The number of carbonyl (C=O) groups excluding carboxylic acids is 2. The van der Waals surface area contributed by atoms with Crippen molar-refractivity contribution in [2.24, 2.45) is 0 Å². The predicted molar refractivity (Wildman–Crippen MR) is 138 cm³/mol. The molecule has 186 valence electrons. The second kappa shape index (κ2) is 8.70. The highest BCUT2D eigenvalue weighted by Gasteiger charge is 2.48. The number of amides is 1. The summed E-state index contributed by atoms with van der Waals surface area (Å²) in [5.74, 6) is -1.02. The number of thiazole rings is 1. The molecular formula is C28H21FN2O5S. The zero-order chi connectivity index (χ0) is 25.8. The van der Waals surface area contributed by atoms with Gasteiger partial charge in [0.05, 0.1) is 28.9 Å². The zero-order valence-electron chi connectivity index (χ0n) is 19.9. The van der Waals surface area contributed by atoms with Gasteiger partial charge in [0, 0.05) is 12.0 Å². The van der Waals surface area contributed by atoms with Gasteiger partial charge in [-0.2, -0.15) is 0 Å². The number of ether oxygens (including phenoxy) is 2. The Bertz CT molecular complexity index is 1610. The van der Waals surface area contributed by atoms with Crippen LogP contribution in [0.1, 0.15) is 29.7 Å². The standard InChI is InChI=1S/C28H21FN2O5S/c1-14-11-17-12-16(5-10-21(17)36-14)25(32)23-24(15-3-7-19(35-2)8-4-15)31(27(34)26(23)33)28-30-20-9-6-18(29)13-22(20)37-28/h3-10,12-14,24,32H,11H2,1-2H3/b25-23+/t14-,24+/m1/s1. The van der Waals surface area contributed by atoms with E-state index in [0.29, 0.717) is 33.5 Å². The van der Waals surface area contributed by atoms with Crippen LogP contribution in [0.4, 0.5) is 9.52 Å². The second-order valence-corrected chi connectivity index (χ2v) is 10.0. The first-order valence-electron chi connectivity index (χ1n) is 11.6. The number of hydrogen-bond acceptors (Lipinski definition) is 7. The highest BCUT2D eigenvalue weighted by atomic mass is 32.1. The molecule has 2 atom stereocenters. The SMILES string of the molecule is COc1ccc([C@H]2/C(=C(\O)c3ccc4c(c3)C[C@@H](C)O4)C(=O)C(=O)N2c2nc3ccc(F)cc3s2)cc1. The van der Waals surface area contributed by atoms with E-state index < -0.39 is 23.5 Å². The van der Waals surface area contributed by atoms with Crippen LogP contribution in [0.25, 0.3) is 16.0 Å². The number of aromatic nitrogens is 1. The molecule has 9 heteroatoms. The Balaban J connectivity index is 1.53. The maximum Gasteiger partial charge on any atom is 0.301 e. The smallest absolute Gasteiger partial charge is 0.301 e. The summed E-state index contributed by atoms with van der Waals surface area (Å²) in [6.07, 6.45) is 0.691. The number of aliphatic hydroxyl groups is 1. The number of hydrogen-bond donors (Lipinski definition) is 1. The van der Waals surface area contributed by atoms with Crippen LogP contribution in [0.15, 0.2) is 66.2 Å². The second-order valence-electron chi connectivity index (χ2n) is 9.01. The van der Waals surface area contributed by atoms with E-state index in [9.17, 15) is 19.1 Å². The van der Waals surface area contributed by atoms with Crippen LogP contribution in [-0.2, 0) is 16.0 Å². The lowest BCUT2D eigenvalue weighted by Crippen LogP contribution is -2.29. The molecule has 1 N–H and O–H groups in total. The molecule has 1 saturated heterocycles. The number of Topliss-reactive ketones (excluding diaryl/α,β-unsaturated/α-hetero) is 1. The van der Waals surface area contributed by atoms with Gasteiger partial charge in [0.1, 0.15) is 29.2 Å². The van der Waals surface area contributed by atoms with E-state index in [1.54, 1.807) is 49.6 Å². The largest absolute Gasteiger partial charge is 0.507 e. The number of anilines is 1. The molecule has 0 saturated carbocycles.